The maximum Gasteiger partial charge on any atom is 0.218 e. The summed E-state index contributed by atoms with van der Waals surface area (Å²) in [5.74, 6) is 0.643. The lowest BCUT2D eigenvalue weighted by atomic mass is 10.1. The van der Waals surface area contributed by atoms with Gasteiger partial charge in [0.05, 0.1) is 18.1 Å². The number of rotatable bonds is 6. The molecule has 1 saturated heterocycles. The monoisotopic (exact) mass is 458 g/mol. The molecule has 0 aliphatic carbocycles. The lowest BCUT2D eigenvalue weighted by Gasteiger charge is -2.32. The van der Waals surface area contributed by atoms with Gasteiger partial charge >= 0.3 is 0 Å². The lowest BCUT2D eigenvalue weighted by Crippen LogP contribution is -2.42. The molecule has 0 radical (unpaired) electrons. The molecule has 1 N–H and O–H groups in total. The highest BCUT2D eigenvalue weighted by Gasteiger charge is 2.31. The summed E-state index contributed by atoms with van der Waals surface area (Å²) >= 11 is 1.55. The SMILES string of the molecule is Cc1cnc(Nc2cccc(C3CN(S(=O)(=O)Cc4ccc(C)c(C)c4)CCO3)n2)s1. The summed E-state index contributed by atoms with van der Waals surface area (Å²) in [4.78, 5) is 10.0. The molecule has 2 aromatic heterocycles. The van der Waals surface area contributed by atoms with Crippen LogP contribution in [-0.4, -0.2) is 42.4 Å². The van der Waals surface area contributed by atoms with Crippen molar-refractivity contribution in [1.82, 2.24) is 14.3 Å². The van der Waals surface area contributed by atoms with Crippen molar-refractivity contribution in [3.8, 4) is 0 Å². The topological polar surface area (TPSA) is 84.4 Å². The number of hydrogen-bond donors (Lipinski definition) is 1. The van der Waals surface area contributed by atoms with E-state index in [2.05, 4.69) is 15.3 Å². The molecule has 31 heavy (non-hydrogen) atoms. The molecule has 4 rings (SSSR count). The van der Waals surface area contributed by atoms with Gasteiger partial charge in [0, 0.05) is 24.2 Å². The number of morpholine rings is 1. The van der Waals surface area contributed by atoms with E-state index in [-0.39, 0.29) is 12.3 Å². The van der Waals surface area contributed by atoms with E-state index in [1.165, 1.54) is 4.31 Å². The summed E-state index contributed by atoms with van der Waals surface area (Å²) in [5, 5.41) is 3.96. The highest BCUT2D eigenvalue weighted by atomic mass is 32.2. The van der Waals surface area contributed by atoms with E-state index >= 15 is 0 Å². The van der Waals surface area contributed by atoms with Gasteiger partial charge in [0.15, 0.2) is 5.13 Å². The van der Waals surface area contributed by atoms with Crippen LogP contribution in [0.25, 0.3) is 0 Å². The van der Waals surface area contributed by atoms with E-state index < -0.39 is 16.1 Å². The minimum atomic E-state index is -3.46. The van der Waals surface area contributed by atoms with Crippen LogP contribution >= 0.6 is 11.3 Å². The molecule has 1 fully saturated rings. The van der Waals surface area contributed by atoms with Gasteiger partial charge in [-0.15, -0.1) is 11.3 Å². The number of benzene rings is 1. The molecular weight excluding hydrogens is 432 g/mol. The number of aryl methyl sites for hydroxylation is 3. The summed E-state index contributed by atoms with van der Waals surface area (Å²) in [7, 11) is -3.46. The van der Waals surface area contributed by atoms with Crippen molar-refractivity contribution in [1.29, 1.82) is 0 Å². The Morgan fingerprint density at radius 1 is 1.19 bits per heavy atom. The van der Waals surface area contributed by atoms with Crippen LogP contribution < -0.4 is 5.32 Å². The second-order valence-electron chi connectivity index (χ2n) is 7.74. The standard InChI is InChI=1S/C22H26N4O3S2/c1-15-7-8-18(11-16(15)2)14-31(27,28)26-9-10-29-20(13-26)19-5-4-6-21(24-19)25-22-23-12-17(3)30-22/h4-8,11-12,20H,9-10,13-14H2,1-3H3,(H,23,24,25). The fourth-order valence-electron chi connectivity index (χ4n) is 3.47. The number of anilines is 2. The van der Waals surface area contributed by atoms with Crippen LogP contribution in [0, 0.1) is 20.8 Å². The quantitative estimate of drug-likeness (QED) is 0.598. The van der Waals surface area contributed by atoms with E-state index in [0.717, 1.165) is 26.7 Å². The number of aromatic nitrogens is 2. The molecule has 9 heteroatoms. The first-order valence-electron chi connectivity index (χ1n) is 10.1. The molecule has 3 heterocycles. The van der Waals surface area contributed by atoms with Crippen molar-refractivity contribution in [2.45, 2.75) is 32.6 Å². The van der Waals surface area contributed by atoms with Gasteiger partial charge in [0.2, 0.25) is 10.0 Å². The van der Waals surface area contributed by atoms with Crippen molar-refractivity contribution in [2.24, 2.45) is 0 Å². The molecule has 0 amide bonds. The molecule has 1 unspecified atom stereocenters. The molecule has 1 atom stereocenters. The zero-order valence-corrected chi connectivity index (χ0v) is 19.5. The number of pyridine rings is 1. The van der Waals surface area contributed by atoms with Gasteiger partial charge in [-0.25, -0.2) is 18.4 Å². The van der Waals surface area contributed by atoms with E-state index in [0.29, 0.717) is 24.7 Å². The third-order valence-electron chi connectivity index (χ3n) is 5.30. The van der Waals surface area contributed by atoms with Crippen LogP contribution in [0.1, 0.15) is 33.4 Å². The molecule has 0 saturated carbocycles. The fourth-order valence-corrected chi connectivity index (χ4v) is 5.64. The first-order valence-corrected chi connectivity index (χ1v) is 12.5. The lowest BCUT2D eigenvalue weighted by molar-refractivity contribution is -0.00490. The zero-order valence-electron chi connectivity index (χ0n) is 17.8. The maximum absolute atomic E-state index is 13.1. The average molecular weight is 459 g/mol. The summed E-state index contributed by atoms with van der Waals surface area (Å²) < 4.78 is 33.5. The second kappa shape index (κ2) is 9.04. The van der Waals surface area contributed by atoms with Gasteiger partial charge in [0.25, 0.3) is 0 Å². The molecule has 3 aromatic rings. The van der Waals surface area contributed by atoms with Crippen LogP contribution in [0.4, 0.5) is 10.9 Å². The average Bonchev–Trinajstić information content (AvgIpc) is 3.15. The number of nitrogens with zero attached hydrogens (tertiary/aromatic N) is 3. The van der Waals surface area contributed by atoms with Crippen LogP contribution in [-0.2, 0) is 20.5 Å². The van der Waals surface area contributed by atoms with Crippen LogP contribution in [0.2, 0.25) is 0 Å². The van der Waals surface area contributed by atoms with Crippen molar-refractivity contribution in [3.05, 3.63) is 69.9 Å². The molecule has 1 aliphatic rings. The molecule has 164 valence electrons. The van der Waals surface area contributed by atoms with Gasteiger partial charge in [-0.05, 0) is 49.6 Å². The molecule has 7 nitrogen and oxygen atoms in total. The predicted molar refractivity (Wildman–Crippen MR) is 123 cm³/mol. The van der Waals surface area contributed by atoms with Crippen LogP contribution in [0.15, 0.2) is 42.6 Å². The Balaban J connectivity index is 1.47. The second-order valence-corrected chi connectivity index (χ2v) is 10.9. The van der Waals surface area contributed by atoms with Gasteiger partial charge in [-0.3, -0.25) is 0 Å². The highest BCUT2D eigenvalue weighted by Crippen LogP contribution is 2.26. The van der Waals surface area contributed by atoms with E-state index in [4.69, 9.17) is 4.74 Å². The normalized spacial score (nSPS) is 17.6. The Kier molecular flexibility index (Phi) is 6.38. The Labute approximate surface area is 187 Å². The maximum atomic E-state index is 13.1. The van der Waals surface area contributed by atoms with Gasteiger partial charge in [0.1, 0.15) is 11.9 Å². The third kappa shape index (κ3) is 5.30. The number of nitrogens with one attached hydrogen (secondary N) is 1. The Hall–Kier alpha value is -2.33. The van der Waals surface area contributed by atoms with Crippen molar-refractivity contribution in [2.75, 3.05) is 25.0 Å². The molecular formula is C22H26N4O3S2. The highest BCUT2D eigenvalue weighted by molar-refractivity contribution is 7.88. The molecule has 0 spiro atoms. The molecule has 1 aromatic carbocycles. The first kappa shape index (κ1) is 21.9. The smallest absolute Gasteiger partial charge is 0.218 e. The minimum absolute atomic E-state index is 0.0146. The van der Waals surface area contributed by atoms with Crippen molar-refractivity contribution in [3.63, 3.8) is 0 Å². The summed E-state index contributed by atoms with van der Waals surface area (Å²) in [6, 6.07) is 11.4. The number of ether oxygens (including phenoxy) is 1. The third-order valence-corrected chi connectivity index (χ3v) is 7.94. The van der Waals surface area contributed by atoms with Gasteiger partial charge < -0.3 is 10.1 Å². The van der Waals surface area contributed by atoms with Crippen LogP contribution in [0.3, 0.4) is 0 Å². The predicted octanol–water partition coefficient (Wildman–Crippen LogP) is 4.11. The van der Waals surface area contributed by atoms with Gasteiger partial charge in [-0.1, -0.05) is 24.3 Å². The minimum Gasteiger partial charge on any atom is -0.369 e. The van der Waals surface area contributed by atoms with Gasteiger partial charge in [-0.2, -0.15) is 4.31 Å². The Bertz CT molecular complexity index is 1180. The summed E-state index contributed by atoms with van der Waals surface area (Å²) in [6.45, 7) is 6.94. The van der Waals surface area contributed by atoms with E-state index in [1.807, 2.05) is 57.2 Å². The number of thiazole rings is 1. The largest absolute Gasteiger partial charge is 0.369 e. The Morgan fingerprint density at radius 3 is 2.77 bits per heavy atom. The van der Waals surface area contributed by atoms with E-state index in [9.17, 15) is 8.42 Å². The first-order chi connectivity index (χ1) is 14.8. The Morgan fingerprint density at radius 2 is 2.03 bits per heavy atom. The number of hydrogen-bond acceptors (Lipinski definition) is 7. The fraction of sp³-hybridized carbons (Fsp3) is 0.364. The zero-order chi connectivity index (χ0) is 22.0. The van der Waals surface area contributed by atoms with Crippen LogP contribution in [0.5, 0.6) is 0 Å². The molecule has 1 aliphatic heterocycles. The summed E-state index contributed by atoms with van der Waals surface area (Å²) in [5.41, 5.74) is 3.75. The van der Waals surface area contributed by atoms with E-state index in [1.54, 1.807) is 17.5 Å². The molecule has 0 bridgehead atoms. The number of sulfonamides is 1. The van der Waals surface area contributed by atoms with Crippen molar-refractivity contribution >= 4 is 32.3 Å². The van der Waals surface area contributed by atoms with Crippen molar-refractivity contribution < 1.29 is 13.2 Å². The summed E-state index contributed by atoms with van der Waals surface area (Å²) in [6.07, 6.45) is 1.39.